The molecule has 0 spiro atoms. The molecular formula is C24H30F2N8O2. The number of aromatic nitrogens is 5. The summed E-state index contributed by atoms with van der Waals surface area (Å²) in [7, 11) is 1.69. The average Bonchev–Trinajstić information content (AvgIpc) is 3.19. The number of anilines is 2. The summed E-state index contributed by atoms with van der Waals surface area (Å²) < 4.78 is 35.1. The van der Waals surface area contributed by atoms with Gasteiger partial charge in [0.15, 0.2) is 11.6 Å². The van der Waals surface area contributed by atoms with Gasteiger partial charge in [0.25, 0.3) is 0 Å². The Kier molecular flexibility index (Phi) is 6.92. The third-order valence-electron chi connectivity index (χ3n) is 6.26. The fourth-order valence-corrected chi connectivity index (χ4v) is 4.40. The Hall–Kier alpha value is -3.64. The molecule has 0 aliphatic carbocycles. The number of nitrogens with two attached hydrogens (primary N) is 1. The van der Waals surface area contributed by atoms with E-state index < -0.39 is 24.1 Å². The second-order valence-corrected chi connectivity index (χ2v) is 8.83. The van der Waals surface area contributed by atoms with Gasteiger partial charge in [-0.05, 0) is 25.0 Å². The number of nitrogens with one attached hydrogen (secondary N) is 2. The van der Waals surface area contributed by atoms with E-state index in [1.165, 1.54) is 24.5 Å². The molecule has 1 saturated heterocycles. The van der Waals surface area contributed by atoms with Gasteiger partial charge in [-0.1, -0.05) is 14.4 Å². The number of nitrogens with zero attached hydrogens (tertiary/aromatic N) is 5. The maximum Gasteiger partial charge on any atom is 0.326 e. The van der Waals surface area contributed by atoms with Crippen molar-refractivity contribution in [2.24, 2.45) is 11.7 Å². The van der Waals surface area contributed by atoms with Gasteiger partial charge >= 0.3 is 6.01 Å². The Balaban J connectivity index is 0.00000304. The fourth-order valence-electron chi connectivity index (χ4n) is 4.40. The van der Waals surface area contributed by atoms with Crippen molar-refractivity contribution in [2.75, 3.05) is 30.4 Å². The number of aromatic amines is 1. The van der Waals surface area contributed by atoms with Crippen LogP contribution in [-0.4, -0.2) is 62.4 Å². The molecule has 0 saturated carbocycles. The highest BCUT2D eigenvalue weighted by Crippen LogP contribution is 2.38. The maximum atomic E-state index is 14.8. The van der Waals surface area contributed by atoms with E-state index in [0.29, 0.717) is 40.0 Å². The predicted octanol–water partition coefficient (Wildman–Crippen LogP) is 3.69. The molecule has 4 aromatic rings. The summed E-state index contributed by atoms with van der Waals surface area (Å²) in [5.74, 6) is 0.354. The molecule has 192 valence electrons. The minimum atomic E-state index is -1.26. The van der Waals surface area contributed by atoms with Gasteiger partial charge in [-0.25, -0.2) is 18.7 Å². The van der Waals surface area contributed by atoms with Gasteiger partial charge in [0.05, 0.1) is 35.5 Å². The molecule has 12 heteroatoms. The summed E-state index contributed by atoms with van der Waals surface area (Å²) in [5, 5.41) is 13.7. The Morgan fingerprint density at radius 2 is 1.97 bits per heavy atom. The quantitative estimate of drug-likeness (QED) is 0.323. The number of aliphatic hydroxyl groups is 1. The maximum absolute atomic E-state index is 14.8. The van der Waals surface area contributed by atoms with Crippen LogP contribution in [0.5, 0.6) is 11.8 Å². The van der Waals surface area contributed by atoms with Crippen LogP contribution in [0.4, 0.5) is 20.3 Å². The van der Waals surface area contributed by atoms with Gasteiger partial charge in [-0.3, -0.25) is 0 Å². The number of H-pyrrole nitrogens is 1. The zero-order valence-corrected chi connectivity index (χ0v) is 19.5. The first-order valence-electron chi connectivity index (χ1n) is 11.3. The largest absolute Gasteiger partial charge is 0.421 e. The Morgan fingerprint density at radius 3 is 2.61 bits per heavy atom. The van der Waals surface area contributed by atoms with Crippen LogP contribution in [0.2, 0.25) is 0 Å². The second kappa shape index (κ2) is 9.78. The minimum Gasteiger partial charge on any atom is -0.421 e. The normalized spacial score (nSPS) is 20.9. The molecule has 0 bridgehead atoms. The number of halogens is 2. The monoisotopic (exact) mass is 500 g/mol. The molecule has 1 aromatic carbocycles. The summed E-state index contributed by atoms with van der Waals surface area (Å²) >= 11 is 0. The standard InChI is InChI=1S/C23H26F2N8O2.CH4/c1-10-8-33(9-15(25)18(10)26)22-17-14-4-12(24)5-16(27-3)19(14)30-21(17)31-23(32-22)35-13-6-28-20(11(2)34)29-7-13;/h4-7,10-11,15,18,27,34H,8-9,26H2,1-3H3,(H,30,31,32);1H4. The summed E-state index contributed by atoms with van der Waals surface area (Å²) in [5.41, 5.74) is 7.60. The molecule has 0 radical (unpaired) electrons. The molecule has 1 fully saturated rings. The molecule has 0 amide bonds. The van der Waals surface area contributed by atoms with Crippen LogP contribution in [0, 0.1) is 11.7 Å². The van der Waals surface area contributed by atoms with Crippen LogP contribution < -0.4 is 20.7 Å². The first-order chi connectivity index (χ1) is 16.7. The van der Waals surface area contributed by atoms with Crippen molar-refractivity contribution in [3.8, 4) is 11.8 Å². The molecule has 1 aliphatic heterocycles. The van der Waals surface area contributed by atoms with Crippen LogP contribution in [0.1, 0.15) is 33.2 Å². The van der Waals surface area contributed by atoms with Gasteiger partial charge in [0.2, 0.25) is 0 Å². The second-order valence-electron chi connectivity index (χ2n) is 8.83. The number of hydrogen-bond acceptors (Lipinski definition) is 9. The molecule has 1 aliphatic rings. The van der Waals surface area contributed by atoms with Crippen molar-refractivity contribution in [3.63, 3.8) is 0 Å². The van der Waals surface area contributed by atoms with Crippen molar-refractivity contribution in [2.45, 2.75) is 39.6 Å². The predicted molar refractivity (Wildman–Crippen MR) is 135 cm³/mol. The lowest BCUT2D eigenvalue weighted by Crippen LogP contribution is -2.54. The van der Waals surface area contributed by atoms with Gasteiger partial charge in [-0.2, -0.15) is 9.97 Å². The summed E-state index contributed by atoms with van der Waals surface area (Å²) in [4.78, 5) is 22.2. The van der Waals surface area contributed by atoms with Gasteiger partial charge in [0.1, 0.15) is 29.6 Å². The number of ether oxygens (including phenoxy) is 1. The van der Waals surface area contributed by atoms with Crippen molar-refractivity contribution >= 4 is 33.4 Å². The fraction of sp³-hybridized carbons (Fsp3) is 0.417. The van der Waals surface area contributed by atoms with E-state index in [4.69, 9.17) is 10.5 Å². The van der Waals surface area contributed by atoms with E-state index >= 15 is 0 Å². The van der Waals surface area contributed by atoms with Crippen molar-refractivity contribution in [3.05, 3.63) is 36.2 Å². The van der Waals surface area contributed by atoms with Gasteiger partial charge < -0.3 is 30.8 Å². The van der Waals surface area contributed by atoms with Crippen LogP contribution in [-0.2, 0) is 0 Å². The van der Waals surface area contributed by atoms with E-state index in [1.54, 1.807) is 18.9 Å². The van der Waals surface area contributed by atoms with Gasteiger partial charge in [-0.15, -0.1) is 0 Å². The van der Waals surface area contributed by atoms with Crippen LogP contribution in [0.3, 0.4) is 0 Å². The lowest BCUT2D eigenvalue weighted by atomic mass is 9.93. The number of aliphatic hydroxyl groups excluding tert-OH is 1. The summed E-state index contributed by atoms with van der Waals surface area (Å²) in [6.07, 6.45) is 0.727. The summed E-state index contributed by atoms with van der Waals surface area (Å²) in [6.45, 7) is 3.93. The third kappa shape index (κ3) is 4.49. The average molecular weight is 501 g/mol. The molecular weight excluding hydrogens is 470 g/mol. The molecule has 5 rings (SSSR count). The Labute approximate surface area is 206 Å². The molecule has 5 N–H and O–H groups in total. The Bertz CT molecular complexity index is 1370. The van der Waals surface area contributed by atoms with E-state index in [-0.39, 0.29) is 37.5 Å². The van der Waals surface area contributed by atoms with Crippen LogP contribution in [0.25, 0.3) is 21.9 Å². The lowest BCUT2D eigenvalue weighted by Gasteiger charge is -2.38. The molecule has 3 aromatic heterocycles. The lowest BCUT2D eigenvalue weighted by molar-refractivity contribution is 0.188. The highest BCUT2D eigenvalue weighted by molar-refractivity contribution is 6.14. The highest BCUT2D eigenvalue weighted by atomic mass is 19.1. The van der Waals surface area contributed by atoms with E-state index in [9.17, 15) is 13.9 Å². The molecule has 36 heavy (non-hydrogen) atoms. The van der Waals surface area contributed by atoms with Crippen molar-refractivity contribution in [1.82, 2.24) is 24.9 Å². The number of rotatable bonds is 5. The zero-order valence-electron chi connectivity index (χ0n) is 19.5. The van der Waals surface area contributed by atoms with Crippen molar-refractivity contribution in [1.29, 1.82) is 0 Å². The Morgan fingerprint density at radius 1 is 1.25 bits per heavy atom. The molecule has 10 nitrogen and oxygen atoms in total. The number of alkyl halides is 1. The molecule has 4 heterocycles. The highest BCUT2D eigenvalue weighted by Gasteiger charge is 2.34. The van der Waals surface area contributed by atoms with E-state index in [2.05, 4.69) is 30.2 Å². The topological polar surface area (TPSA) is 138 Å². The summed E-state index contributed by atoms with van der Waals surface area (Å²) in [6, 6.07) is 2.18. The first kappa shape index (κ1) is 25.5. The number of benzene rings is 1. The van der Waals surface area contributed by atoms with Gasteiger partial charge in [0, 0.05) is 25.0 Å². The number of fused-ring (bicyclic) bond motifs is 3. The van der Waals surface area contributed by atoms with Crippen molar-refractivity contribution < 1.29 is 18.6 Å². The smallest absolute Gasteiger partial charge is 0.326 e. The number of hydrogen-bond donors (Lipinski definition) is 4. The first-order valence-corrected chi connectivity index (χ1v) is 11.3. The minimum absolute atomic E-state index is 0. The third-order valence-corrected chi connectivity index (χ3v) is 6.26. The van der Waals surface area contributed by atoms with E-state index in [0.717, 1.165) is 0 Å². The SMILES string of the molecule is C.CNc1cc(F)cc2c1[nH]c1nc(Oc3cnc(C(C)O)nc3)nc(N3CC(C)C(N)C(F)C3)c12. The number of piperidine rings is 1. The van der Waals surface area contributed by atoms with Crippen LogP contribution in [0.15, 0.2) is 24.5 Å². The van der Waals surface area contributed by atoms with Crippen LogP contribution >= 0.6 is 0 Å². The van der Waals surface area contributed by atoms with E-state index in [1.807, 2.05) is 6.92 Å². The molecule has 4 atom stereocenters. The zero-order chi connectivity index (χ0) is 24.9. The molecule has 4 unspecified atom stereocenters.